The van der Waals surface area contributed by atoms with E-state index in [2.05, 4.69) is 31.2 Å². The molecule has 5 aromatic rings. The summed E-state index contributed by atoms with van der Waals surface area (Å²) in [7, 11) is -1.52. The molecule has 2 heterocycles. The molecule has 9 nitrogen and oxygen atoms in total. The average molecular weight is 688 g/mol. The zero-order valence-electron chi connectivity index (χ0n) is 23.5. The van der Waals surface area contributed by atoms with Gasteiger partial charge in [-0.05, 0) is 64.8 Å². The lowest BCUT2D eigenvalue weighted by Gasteiger charge is -2.14. The second kappa shape index (κ2) is 13.3. The van der Waals surface area contributed by atoms with Crippen LogP contribution in [0.4, 0.5) is 15.9 Å². The van der Waals surface area contributed by atoms with E-state index in [1.807, 2.05) is 42.6 Å². The van der Waals surface area contributed by atoms with Crippen LogP contribution in [-0.2, 0) is 21.2 Å². The van der Waals surface area contributed by atoms with E-state index >= 15 is 0 Å². The Hall–Kier alpha value is -3.65. The molecule has 1 unspecified atom stereocenters. The predicted molar refractivity (Wildman–Crippen MR) is 169 cm³/mol. The number of thiazole rings is 1. The predicted octanol–water partition coefficient (Wildman–Crippen LogP) is 7.11. The minimum atomic E-state index is -3.11. The van der Waals surface area contributed by atoms with E-state index in [1.165, 1.54) is 36.1 Å². The van der Waals surface area contributed by atoms with Gasteiger partial charge in [0.1, 0.15) is 57.0 Å². The van der Waals surface area contributed by atoms with E-state index in [9.17, 15) is 12.8 Å². The smallest absolute Gasteiger partial charge is 0.149 e. The van der Waals surface area contributed by atoms with E-state index in [4.69, 9.17) is 19.2 Å². The monoisotopic (exact) mass is 686 g/mol. The number of anilines is 2. The van der Waals surface area contributed by atoms with Crippen LogP contribution in [0.1, 0.15) is 23.6 Å². The molecule has 43 heavy (non-hydrogen) atoms. The number of sulfone groups is 1. The number of methoxy groups -OCH3 is 1. The van der Waals surface area contributed by atoms with Crippen molar-refractivity contribution >= 4 is 59.5 Å². The van der Waals surface area contributed by atoms with E-state index in [1.54, 1.807) is 19.2 Å². The molecule has 0 spiro atoms. The third-order valence-corrected chi connectivity index (χ3v) is 8.94. The van der Waals surface area contributed by atoms with Gasteiger partial charge >= 0.3 is 0 Å². The van der Waals surface area contributed by atoms with Crippen molar-refractivity contribution in [3.8, 4) is 22.8 Å². The average Bonchev–Trinajstić information content (AvgIpc) is 3.46. The molecule has 0 fully saturated rings. The lowest BCUT2D eigenvalue weighted by Crippen LogP contribution is -2.12. The Morgan fingerprint density at radius 1 is 1.09 bits per heavy atom. The van der Waals surface area contributed by atoms with Crippen molar-refractivity contribution in [2.75, 3.05) is 31.0 Å². The van der Waals surface area contributed by atoms with E-state index in [-0.39, 0.29) is 30.9 Å². The van der Waals surface area contributed by atoms with Gasteiger partial charge in [-0.1, -0.05) is 12.1 Å². The first-order chi connectivity index (χ1) is 20.6. The quantitative estimate of drug-likeness (QED) is 0.147. The van der Waals surface area contributed by atoms with Gasteiger partial charge in [0, 0.05) is 34.3 Å². The topological polar surface area (TPSA) is 113 Å². The summed E-state index contributed by atoms with van der Waals surface area (Å²) >= 11 is 4.99. The highest BCUT2D eigenvalue weighted by Gasteiger charge is 2.18. The molecule has 1 N–H and O–H groups in total. The Bertz CT molecular complexity index is 1870. The molecule has 2 aromatic heterocycles. The molecular weight excluding hydrogens is 659 g/mol. The van der Waals surface area contributed by atoms with Crippen molar-refractivity contribution in [2.45, 2.75) is 19.6 Å². The van der Waals surface area contributed by atoms with Crippen LogP contribution >= 0.6 is 27.3 Å². The summed E-state index contributed by atoms with van der Waals surface area (Å²) in [6.07, 6.45) is 2.29. The number of nitrogens with zero attached hydrogens (tertiary/aromatic N) is 3. The summed E-state index contributed by atoms with van der Waals surface area (Å²) in [5, 5.41) is 6.74. The minimum absolute atomic E-state index is 0.0505. The van der Waals surface area contributed by atoms with Gasteiger partial charge in [-0.3, -0.25) is 0 Å². The molecule has 3 aromatic carbocycles. The van der Waals surface area contributed by atoms with Gasteiger partial charge in [0.15, 0.2) is 0 Å². The third-order valence-electron chi connectivity index (χ3n) is 6.40. The maximum Gasteiger partial charge on any atom is 0.149 e. The normalized spacial score (nSPS) is 12.3. The van der Waals surface area contributed by atoms with E-state index in [0.717, 1.165) is 31.7 Å². The first-order valence-corrected chi connectivity index (χ1v) is 16.8. The van der Waals surface area contributed by atoms with Crippen LogP contribution in [0.2, 0.25) is 0 Å². The van der Waals surface area contributed by atoms with Crippen molar-refractivity contribution < 1.29 is 27.0 Å². The molecule has 0 aliphatic carbocycles. The number of benzene rings is 3. The fourth-order valence-electron chi connectivity index (χ4n) is 4.22. The Balaban J connectivity index is 1.37. The zero-order valence-corrected chi connectivity index (χ0v) is 26.7. The Labute approximate surface area is 261 Å². The van der Waals surface area contributed by atoms with Crippen LogP contribution in [-0.4, -0.2) is 49.1 Å². The van der Waals surface area contributed by atoms with Crippen LogP contribution in [0.5, 0.6) is 11.5 Å². The molecule has 5 rings (SSSR count). The number of hydrogen-bond acceptors (Lipinski definition) is 10. The second-order valence-electron chi connectivity index (χ2n) is 9.69. The molecule has 13 heteroatoms. The summed E-state index contributed by atoms with van der Waals surface area (Å²) in [5.41, 5.74) is 3.61. The maximum absolute atomic E-state index is 13.5. The van der Waals surface area contributed by atoms with Crippen molar-refractivity contribution in [3.63, 3.8) is 0 Å². The van der Waals surface area contributed by atoms with Crippen molar-refractivity contribution in [3.05, 3.63) is 87.2 Å². The number of fused-ring (bicyclic) bond motifs is 1. The SMILES string of the molecule is COc1cc2ncnc(Nc3ccc(OCc4cccc(F)c4)c(Br)c3)c2cc1-c1csc(C(C)OCCS(C)(=O)=O)n1. The van der Waals surface area contributed by atoms with E-state index < -0.39 is 9.84 Å². The lowest BCUT2D eigenvalue weighted by molar-refractivity contribution is 0.0776. The number of aromatic nitrogens is 3. The molecule has 0 saturated heterocycles. The van der Waals surface area contributed by atoms with Gasteiger partial charge in [0.25, 0.3) is 0 Å². The van der Waals surface area contributed by atoms with E-state index in [0.29, 0.717) is 28.5 Å². The van der Waals surface area contributed by atoms with Gasteiger partial charge < -0.3 is 19.5 Å². The van der Waals surface area contributed by atoms with Gasteiger partial charge in [-0.15, -0.1) is 11.3 Å². The Morgan fingerprint density at radius 3 is 2.67 bits per heavy atom. The van der Waals surface area contributed by atoms with Crippen LogP contribution in [0.25, 0.3) is 22.2 Å². The molecule has 0 bridgehead atoms. The molecule has 1 atom stereocenters. The summed E-state index contributed by atoms with van der Waals surface area (Å²) in [6, 6.07) is 15.6. The summed E-state index contributed by atoms with van der Waals surface area (Å²) in [4.78, 5) is 13.7. The first kappa shape index (κ1) is 30.8. The van der Waals surface area contributed by atoms with Crippen LogP contribution in [0.3, 0.4) is 0 Å². The standard InChI is InChI=1S/C30H28BrFN4O5S2/c1-18(40-9-10-43(3,37)38)30-36-26(16-42-30)22-13-23-25(14-28(22)39-2)33-17-34-29(23)35-21-7-8-27(24(31)12-21)41-15-19-5-4-6-20(32)11-19/h4-8,11-14,16-18H,9-10,15H2,1-3H3,(H,33,34,35). The number of hydrogen-bond donors (Lipinski definition) is 1. The van der Waals surface area contributed by atoms with Gasteiger partial charge in [0.2, 0.25) is 0 Å². The minimum Gasteiger partial charge on any atom is -0.496 e. The fourth-order valence-corrected chi connectivity index (χ4v) is 5.93. The van der Waals surface area contributed by atoms with Gasteiger partial charge in [-0.2, -0.15) is 0 Å². The zero-order chi connectivity index (χ0) is 30.6. The van der Waals surface area contributed by atoms with Gasteiger partial charge in [-0.25, -0.2) is 27.8 Å². The van der Waals surface area contributed by atoms with Gasteiger partial charge in [0.05, 0.1) is 35.2 Å². The number of halogens is 2. The number of nitrogens with one attached hydrogen (secondary N) is 1. The fraction of sp³-hybridized carbons (Fsp3) is 0.233. The highest BCUT2D eigenvalue weighted by molar-refractivity contribution is 9.10. The summed E-state index contributed by atoms with van der Waals surface area (Å²) in [6.45, 7) is 2.17. The summed E-state index contributed by atoms with van der Waals surface area (Å²) in [5.74, 6) is 1.44. The Kier molecular flexibility index (Phi) is 9.55. The molecule has 0 aliphatic heterocycles. The van der Waals surface area contributed by atoms with Crippen LogP contribution < -0.4 is 14.8 Å². The van der Waals surface area contributed by atoms with Crippen molar-refractivity contribution in [1.29, 1.82) is 0 Å². The number of ether oxygens (including phenoxy) is 3. The van der Waals surface area contributed by atoms with Crippen molar-refractivity contribution in [1.82, 2.24) is 15.0 Å². The van der Waals surface area contributed by atoms with Crippen LogP contribution in [0.15, 0.2) is 70.8 Å². The van der Waals surface area contributed by atoms with Crippen LogP contribution in [0, 0.1) is 5.82 Å². The lowest BCUT2D eigenvalue weighted by atomic mass is 10.1. The third kappa shape index (κ3) is 7.85. The first-order valence-electron chi connectivity index (χ1n) is 13.1. The highest BCUT2D eigenvalue weighted by atomic mass is 79.9. The largest absolute Gasteiger partial charge is 0.496 e. The molecular formula is C30H28BrFN4O5S2. The summed E-state index contributed by atoms with van der Waals surface area (Å²) < 4.78 is 54.3. The maximum atomic E-state index is 13.5. The molecule has 224 valence electrons. The molecule has 0 aliphatic rings. The van der Waals surface area contributed by atoms with Crippen molar-refractivity contribution in [2.24, 2.45) is 0 Å². The highest BCUT2D eigenvalue weighted by Crippen LogP contribution is 2.38. The second-order valence-corrected chi connectivity index (χ2v) is 13.7. The Morgan fingerprint density at radius 2 is 1.93 bits per heavy atom. The molecule has 0 radical (unpaired) electrons. The molecule has 0 amide bonds. The number of rotatable bonds is 12. The molecule has 0 saturated carbocycles.